The van der Waals surface area contributed by atoms with Crippen molar-refractivity contribution >= 4 is 43.9 Å². The van der Waals surface area contributed by atoms with Crippen LogP contribution >= 0.6 is 11.8 Å². The van der Waals surface area contributed by atoms with Gasteiger partial charge in [0.15, 0.2) is 9.84 Å². The summed E-state index contributed by atoms with van der Waals surface area (Å²) < 4.78 is 24.2. The molecular formula is C33H31N3O2S2. The summed E-state index contributed by atoms with van der Waals surface area (Å²) in [5, 5.41) is 4.26. The molecule has 7 heteroatoms. The van der Waals surface area contributed by atoms with Gasteiger partial charge in [0, 0.05) is 39.6 Å². The van der Waals surface area contributed by atoms with Gasteiger partial charge < -0.3 is 5.32 Å². The maximum Gasteiger partial charge on any atom is 0.156 e. The van der Waals surface area contributed by atoms with Gasteiger partial charge in [0.1, 0.15) is 0 Å². The molecular weight excluding hydrogens is 535 g/mol. The van der Waals surface area contributed by atoms with Crippen LogP contribution in [0.2, 0.25) is 0 Å². The van der Waals surface area contributed by atoms with Crippen LogP contribution in [0.15, 0.2) is 109 Å². The van der Waals surface area contributed by atoms with Crippen LogP contribution in [0.1, 0.15) is 25.0 Å². The van der Waals surface area contributed by atoms with Crippen molar-refractivity contribution in [3.63, 3.8) is 0 Å². The number of sulfone groups is 1. The van der Waals surface area contributed by atoms with Crippen molar-refractivity contribution in [2.24, 2.45) is 0 Å². The second-order valence-electron chi connectivity index (χ2n) is 10.2. The van der Waals surface area contributed by atoms with Crippen LogP contribution in [-0.4, -0.2) is 30.9 Å². The van der Waals surface area contributed by atoms with E-state index in [0.29, 0.717) is 0 Å². The molecule has 0 aliphatic carbocycles. The molecule has 0 aliphatic rings. The number of anilines is 1. The molecule has 0 aliphatic heterocycles. The highest BCUT2D eigenvalue weighted by Gasteiger charge is 2.33. The highest BCUT2D eigenvalue weighted by atomic mass is 32.2. The molecule has 0 atom stereocenters. The third-order valence-electron chi connectivity index (χ3n) is 7.29. The van der Waals surface area contributed by atoms with E-state index < -0.39 is 14.6 Å². The Morgan fingerprint density at radius 3 is 2.35 bits per heavy atom. The number of thioether (sulfide) groups is 1. The van der Waals surface area contributed by atoms with Gasteiger partial charge in [0.05, 0.1) is 27.8 Å². The average molecular weight is 566 g/mol. The Bertz CT molecular complexity index is 1810. The third-order valence-corrected chi connectivity index (χ3v) is 10.1. The maximum absolute atomic E-state index is 12.6. The minimum Gasteiger partial charge on any atom is -0.354 e. The number of pyridine rings is 2. The number of rotatable bonds is 8. The normalized spacial score (nSPS) is 11.9. The van der Waals surface area contributed by atoms with E-state index in [1.54, 1.807) is 38.0 Å². The monoisotopic (exact) mass is 565 g/mol. The molecule has 5 rings (SSSR count). The molecule has 5 aromatic rings. The van der Waals surface area contributed by atoms with Gasteiger partial charge in [0.2, 0.25) is 0 Å². The van der Waals surface area contributed by atoms with Crippen LogP contribution in [0.4, 0.5) is 5.69 Å². The molecule has 0 fully saturated rings. The zero-order valence-corrected chi connectivity index (χ0v) is 24.6. The number of fused-ring (bicyclic) bond motifs is 1. The summed E-state index contributed by atoms with van der Waals surface area (Å²) in [7, 11) is -3.35. The quantitative estimate of drug-likeness (QED) is 0.192. The van der Waals surface area contributed by atoms with Gasteiger partial charge in [-0.3, -0.25) is 9.97 Å². The van der Waals surface area contributed by atoms with Gasteiger partial charge in [-0.25, -0.2) is 8.42 Å². The van der Waals surface area contributed by atoms with E-state index in [1.807, 2.05) is 60.7 Å². The van der Waals surface area contributed by atoms with E-state index in [2.05, 4.69) is 52.4 Å². The lowest BCUT2D eigenvalue weighted by atomic mass is 9.93. The molecule has 0 saturated carbocycles. The van der Waals surface area contributed by atoms with Crippen LogP contribution in [0.5, 0.6) is 0 Å². The van der Waals surface area contributed by atoms with E-state index in [9.17, 15) is 8.42 Å². The van der Waals surface area contributed by atoms with Gasteiger partial charge >= 0.3 is 0 Å². The maximum atomic E-state index is 12.6. The Kier molecular flexibility index (Phi) is 7.53. The lowest BCUT2D eigenvalue weighted by Gasteiger charge is -2.24. The fraction of sp³-hybridized carbons (Fsp3) is 0.152. The Labute approximate surface area is 240 Å². The second kappa shape index (κ2) is 10.9. The van der Waals surface area contributed by atoms with Gasteiger partial charge in [0.25, 0.3) is 0 Å². The highest BCUT2D eigenvalue weighted by Crippen LogP contribution is 2.37. The van der Waals surface area contributed by atoms with Crippen molar-refractivity contribution in [2.75, 3.05) is 17.8 Å². The first-order chi connectivity index (χ1) is 19.1. The summed E-state index contributed by atoms with van der Waals surface area (Å²) >= 11 is 1.71. The summed E-state index contributed by atoms with van der Waals surface area (Å²) in [5.74, 6) is 0. The molecule has 3 aromatic carbocycles. The predicted octanol–water partition coefficient (Wildman–Crippen LogP) is 8.05. The topological polar surface area (TPSA) is 72.0 Å². The summed E-state index contributed by atoms with van der Waals surface area (Å²) in [6.07, 6.45) is 6.90. The molecule has 0 unspecified atom stereocenters. The van der Waals surface area contributed by atoms with Crippen LogP contribution < -0.4 is 5.32 Å². The zero-order chi connectivity index (χ0) is 28.5. The fourth-order valence-corrected chi connectivity index (χ4v) is 5.45. The molecule has 0 spiro atoms. The average Bonchev–Trinajstić information content (AvgIpc) is 2.96. The summed E-state index contributed by atoms with van der Waals surface area (Å²) in [4.78, 5) is 10.5. The van der Waals surface area contributed by atoms with Crippen molar-refractivity contribution in [2.45, 2.75) is 23.5 Å². The standard InChI is InChI=1S/C33H31N3O2S2/c1-22(36-28-13-16-31(35-21-28)23-11-14-29(39-4)15-12-23)24-8-6-9-25(18-24)30-20-27(33(2,3)40(5,37)38)19-26-10-7-17-34-32(26)30/h6-21,36H,1H2,2-5H3. The lowest BCUT2D eigenvalue weighted by molar-refractivity contribution is 0.561. The van der Waals surface area contributed by atoms with Crippen LogP contribution in [-0.2, 0) is 14.6 Å². The number of aromatic nitrogens is 2. The minimum absolute atomic E-state index is 0.724. The number of hydrogen-bond donors (Lipinski definition) is 1. The molecule has 2 aromatic heterocycles. The summed E-state index contributed by atoms with van der Waals surface area (Å²) in [6.45, 7) is 7.75. The predicted molar refractivity (Wildman–Crippen MR) is 169 cm³/mol. The first kappa shape index (κ1) is 27.6. The molecule has 2 heterocycles. The Morgan fingerprint density at radius 1 is 0.900 bits per heavy atom. The van der Waals surface area contributed by atoms with Crippen molar-refractivity contribution in [1.82, 2.24) is 9.97 Å². The Morgan fingerprint density at radius 2 is 1.68 bits per heavy atom. The molecule has 40 heavy (non-hydrogen) atoms. The Hall–Kier alpha value is -3.94. The first-order valence-electron chi connectivity index (χ1n) is 12.8. The second-order valence-corrected chi connectivity index (χ2v) is 13.7. The van der Waals surface area contributed by atoms with Gasteiger partial charge in [-0.2, -0.15) is 0 Å². The van der Waals surface area contributed by atoms with E-state index in [4.69, 9.17) is 0 Å². The smallest absolute Gasteiger partial charge is 0.156 e. The van der Waals surface area contributed by atoms with Gasteiger partial charge in [-0.05, 0) is 85.3 Å². The molecule has 0 saturated heterocycles. The molecule has 1 N–H and O–H groups in total. The zero-order valence-electron chi connectivity index (χ0n) is 23.0. The molecule has 0 radical (unpaired) electrons. The summed E-state index contributed by atoms with van der Waals surface area (Å²) in [6, 6.07) is 28.1. The molecule has 5 nitrogen and oxygen atoms in total. The van der Waals surface area contributed by atoms with E-state index in [-0.39, 0.29) is 0 Å². The SMILES string of the molecule is C=C(Nc1ccc(-c2ccc(SC)cc2)nc1)c1cccc(-c2cc(C(C)(C)S(C)(=O)=O)cc3cccnc23)c1. The van der Waals surface area contributed by atoms with Gasteiger partial charge in [-0.15, -0.1) is 11.8 Å². The highest BCUT2D eigenvalue weighted by molar-refractivity contribution is 7.98. The van der Waals surface area contributed by atoms with Crippen molar-refractivity contribution in [3.05, 3.63) is 115 Å². The number of nitrogens with one attached hydrogen (secondary N) is 1. The minimum atomic E-state index is -3.35. The molecule has 0 amide bonds. The van der Waals surface area contributed by atoms with Crippen molar-refractivity contribution in [3.8, 4) is 22.4 Å². The number of nitrogens with zero attached hydrogens (tertiary/aromatic N) is 2. The van der Waals surface area contributed by atoms with Crippen LogP contribution in [0.3, 0.4) is 0 Å². The Balaban J connectivity index is 1.45. The fourth-order valence-electron chi connectivity index (χ4n) is 4.50. The molecule has 202 valence electrons. The number of hydrogen-bond acceptors (Lipinski definition) is 6. The van der Waals surface area contributed by atoms with Crippen LogP contribution in [0, 0.1) is 0 Å². The largest absolute Gasteiger partial charge is 0.354 e. The number of benzene rings is 3. The van der Waals surface area contributed by atoms with E-state index in [0.717, 1.165) is 55.8 Å². The van der Waals surface area contributed by atoms with E-state index >= 15 is 0 Å². The van der Waals surface area contributed by atoms with Crippen molar-refractivity contribution in [1.29, 1.82) is 0 Å². The first-order valence-corrected chi connectivity index (χ1v) is 15.9. The van der Waals surface area contributed by atoms with Crippen molar-refractivity contribution < 1.29 is 8.42 Å². The van der Waals surface area contributed by atoms with E-state index in [1.165, 1.54) is 11.2 Å². The third kappa shape index (κ3) is 5.53. The summed E-state index contributed by atoms with van der Waals surface area (Å²) in [5.41, 5.74) is 7.79. The van der Waals surface area contributed by atoms with Crippen LogP contribution in [0.25, 0.3) is 39.0 Å². The lowest BCUT2D eigenvalue weighted by Crippen LogP contribution is -2.28. The van der Waals surface area contributed by atoms with Gasteiger partial charge in [-0.1, -0.05) is 43.0 Å². The molecule has 0 bridgehead atoms.